The number of carbonyl (C=O) groups excluding carboxylic acids is 2. The molecule has 9 heteroatoms. The van der Waals surface area contributed by atoms with Gasteiger partial charge >= 0.3 is 17.3 Å². The predicted molar refractivity (Wildman–Crippen MR) is 55.0 cm³/mol. The fourth-order valence-electron chi connectivity index (χ4n) is 1.45. The van der Waals surface area contributed by atoms with Gasteiger partial charge in [0.05, 0.1) is 15.2 Å². The van der Waals surface area contributed by atoms with Gasteiger partial charge in [-0.2, -0.15) is 0 Å². The first-order chi connectivity index (χ1) is 8.40. The number of nitrogens with zero attached hydrogens (tertiary/aromatic N) is 3. The van der Waals surface area contributed by atoms with Gasteiger partial charge in [-0.05, 0) is 0 Å². The molecule has 0 unspecified atom stereocenters. The van der Waals surface area contributed by atoms with Gasteiger partial charge in [0.15, 0.2) is 0 Å². The lowest BCUT2D eigenvalue weighted by Gasteiger charge is -1.99. The molecule has 0 N–H and O–H groups in total. The summed E-state index contributed by atoms with van der Waals surface area (Å²) in [6.45, 7) is 0. The largest absolute Gasteiger partial charge is 0.348 e. The summed E-state index contributed by atoms with van der Waals surface area (Å²) in [5.41, 5.74) is -1.54. The Kier molecular flexibility index (Phi) is 2.43. The number of nitro groups is 2. The van der Waals surface area contributed by atoms with E-state index in [0.717, 1.165) is 18.2 Å². The van der Waals surface area contributed by atoms with E-state index < -0.39 is 32.9 Å². The minimum atomic E-state index is -1.06. The number of amides is 1. The molecule has 0 atom stereocenters. The lowest BCUT2D eigenvalue weighted by molar-refractivity contribution is -0.422. The molecule has 1 aromatic carbocycles. The molecule has 1 aromatic rings. The zero-order chi connectivity index (χ0) is 13.4. The van der Waals surface area contributed by atoms with Crippen LogP contribution in [0.15, 0.2) is 17.1 Å². The van der Waals surface area contributed by atoms with E-state index >= 15 is 0 Å². The maximum absolute atomic E-state index is 11.1. The van der Waals surface area contributed by atoms with E-state index in [2.05, 4.69) is 4.99 Å². The van der Waals surface area contributed by atoms with Gasteiger partial charge < -0.3 is 0 Å². The Hall–Kier alpha value is -2.97. The smallest absolute Gasteiger partial charge is 0.284 e. The zero-order valence-electron chi connectivity index (χ0n) is 8.52. The second-order valence-corrected chi connectivity index (χ2v) is 3.34. The Bertz CT molecular complexity index is 672. The van der Waals surface area contributed by atoms with Gasteiger partial charge in [0.25, 0.3) is 0 Å². The van der Waals surface area contributed by atoms with Crippen molar-refractivity contribution in [1.82, 2.24) is 0 Å². The number of fused-ring (bicyclic) bond motifs is 1. The lowest BCUT2D eigenvalue weighted by Crippen LogP contribution is -2.34. The highest BCUT2D eigenvalue weighted by Gasteiger charge is 2.26. The fourth-order valence-corrected chi connectivity index (χ4v) is 1.45. The molecule has 1 aliphatic rings. The Labute approximate surface area is 97.4 Å². The second kappa shape index (κ2) is 3.80. The van der Waals surface area contributed by atoms with Crippen LogP contribution in [0, 0.1) is 20.2 Å². The average molecular weight is 249 g/mol. The van der Waals surface area contributed by atoms with Crippen LogP contribution in [-0.2, 0) is 9.59 Å². The molecule has 1 heterocycles. The first-order valence-corrected chi connectivity index (χ1v) is 4.52. The van der Waals surface area contributed by atoms with E-state index in [9.17, 15) is 29.8 Å². The van der Waals surface area contributed by atoms with E-state index in [1.807, 2.05) is 0 Å². The topological polar surface area (TPSA) is 133 Å². The van der Waals surface area contributed by atoms with Crippen molar-refractivity contribution in [2.24, 2.45) is 4.99 Å². The molecule has 90 valence electrons. The van der Waals surface area contributed by atoms with E-state index in [4.69, 9.17) is 0 Å². The van der Waals surface area contributed by atoms with Crippen LogP contribution in [0.5, 0.6) is 0 Å². The van der Waals surface area contributed by atoms with Crippen molar-refractivity contribution in [2.45, 2.75) is 0 Å². The maximum atomic E-state index is 11.1. The average Bonchev–Trinajstić information content (AvgIpc) is 2.28. The van der Waals surface area contributed by atoms with Crippen LogP contribution in [0.2, 0.25) is 0 Å². The van der Waals surface area contributed by atoms with Gasteiger partial charge in [0.2, 0.25) is 5.78 Å². The van der Waals surface area contributed by atoms with Crippen molar-refractivity contribution in [3.05, 3.63) is 42.9 Å². The number of hydrogen-bond donors (Lipinski definition) is 0. The van der Waals surface area contributed by atoms with Crippen LogP contribution < -0.4 is 10.6 Å². The summed E-state index contributed by atoms with van der Waals surface area (Å²) >= 11 is 0. The van der Waals surface area contributed by atoms with Gasteiger partial charge in [-0.15, -0.1) is 0 Å². The summed E-state index contributed by atoms with van der Waals surface area (Å²) in [4.78, 5) is 44.8. The van der Waals surface area contributed by atoms with Crippen LogP contribution in [0.3, 0.4) is 0 Å². The summed E-state index contributed by atoms with van der Waals surface area (Å²) in [6, 6.07) is 1.65. The van der Waals surface area contributed by atoms with Crippen molar-refractivity contribution < 1.29 is 19.4 Å². The maximum Gasteiger partial charge on any atom is 0.348 e. The summed E-state index contributed by atoms with van der Waals surface area (Å²) in [5, 5.41) is 21.2. The number of nitro benzene ring substituents is 2. The van der Waals surface area contributed by atoms with Crippen LogP contribution in [0.4, 0.5) is 11.4 Å². The highest BCUT2D eigenvalue weighted by atomic mass is 16.6. The molecule has 1 amide bonds. The molecular formula is C9H3N3O6. The summed E-state index contributed by atoms with van der Waals surface area (Å²) in [6.07, 6.45) is 0.862. The normalized spacial score (nSPS) is 13.3. The number of rotatable bonds is 2. The van der Waals surface area contributed by atoms with Crippen LogP contribution in [0.25, 0.3) is 6.08 Å². The molecule has 1 aliphatic heterocycles. The molecule has 18 heavy (non-hydrogen) atoms. The number of hydrogen-bond acceptors (Lipinski definition) is 6. The third kappa shape index (κ3) is 1.73. The Morgan fingerprint density at radius 1 is 1.00 bits per heavy atom. The molecule has 0 radical (unpaired) electrons. The monoisotopic (exact) mass is 249 g/mol. The van der Waals surface area contributed by atoms with Gasteiger partial charge in [0.1, 0.15) is 0 Å². The molecule has 0 bridgehead atoms. The van der Waals surface area contributed by atoms with Gasteiger partial charge in [-0.25, -0.2) is 4.99 Å². The van der Waals surface area contributed by atoms with Crippen molar-refractivity contribution in [3.63, 3.8) is 0 Å². The molecule has 0 fully saturated rings. The van der Waals surface area contributed by atoms with E-state index in [1.165, 1.54) is 0 Å². The third-order valence-corrected chi connectivity index (χ3v) is 2.24. The lowest BCUT2D eigenvalue weighted by atomic mass is 10.1. The molecular weight excluding hydrogens is 246 g/mol. The van der Waals surface area contributed by atoms with Crippen molar-refractivity contribution >= 4 is 29.1 Å². The standard InChI is InChI=1S/C9H3N3O6/c13-8-2-4-1-6(11(15)16)7(12(17)18)3-5(4)10-9(8)14/h1-3H. The highest BCUT2D eigenvalue weighted by molar-refractivity contribution is 6.48. The molecule has 0 spiro atoms. The van der Waals surface area contributed by atoms with Crippen molar-refractivity contribution in [2.75, 3.05) is 0 Å². The van der Waals surface area contributed by atoms with E-state index in [-0.39, 0.29) is 10.6 Å². The third-order valence-electron chi connectivity index (χ3n) is 2.24. The van der Waals surface area contributed by atoms with Crippen LogP contribution >= 0.6 is 0 Å². The number of benzene rings is 1. The molecule has 0 aliphatic carbocycles. The Morgan fingerprint density at radius 2 is 1.56 bits per heavy atom. The predicted octanol–water partition coefficient (Wildman–Crippen LogP) is -0.988. The van der Waals surface area contributed by atoms with Gasteiger partial charge in [-0.1, -0.05) is 0 Å². The molecule has 9 nitrogen and oxygen atoms in total. The SMILES string of the molecule is O=C1C=c2cc([N+](=O)[O-])c([N+](=O)[O-])cc2=NC1=O. The molecule has 0 saturated carbocycles. The fraction of sp³-hybridized carbons (Fsp3) is 0. The summed E-state index contributed by atoms with van der Waals surface area (Å²) in [5.74, 6) is -1.99. The van der Waals surface area contributed by atoms with Gasteiger partial charge in [-0.3, -0.25) is 29.8 Å². The number of carbonyl (C=O) groups is 2. The first kappa shape index (κ1) is 11.5. The van der Waals surface area contributed by atoms with Crippen molar-refractivity contribution in [1.29, 1.82) is 0 Å². The number of Topliss-reactive ketones (excluding diaryl/α,β-unsaturated/α-hetero) is 1. The molecule has 0 saturated heterocycles. The number of ketones is 1. The second-order valence-electron chi connectivity index (χ2n) is 3.34. The molecule has 0 aromatic heterocycles. The van der Waals surface area contributed by atoms with Gasteiger partial charge in [0, 0.05) is 23.4 Å². The summed E-state index contributed by atoms with van der Waals surface area (Å²) in [7, 11) is 0. The minimum absolute atomic E-state index is 0.0110. The van der Waals surface area contributed by atoms with E-state index in [1.54, 1.807) is 0 Å². The summed E-state index contributed by atoms with van der Waals surface area (Å²) < 4.78 is 0. The Balaban J connectivity index is 2.88. The van der Waals surface area contributed by atoms with Crippen molar-refractivity contribution in [3.8, 4) is 0 Å². The highest BCUT2D eigenvalue weighted by Crippen LogP contribution is 2.22. The van der Waals surface area contributed by atoms with Crippen LogP contribution in [-0.4, -0.2) is 21.5 Å². The zero-order valence-corrected chi connectivity index (χ0v) is 8.52. The van der Waals surface area contributed by atoms with Crippen LogP contribution in [0.1, 0.15) is 0 Å². The molecule has 2 rings (SSSR count). The first-order valence-electron chi connectivity index (χ1n) is 4.52. The minimum Gasteiger partial charge on any atom is -0.284 e. The Morgan fingerprint density at radius 3 is 2.11 bits per heavy atom. The quantitative estimate of drug-likeness (QED) is 0.375. The van der Waals surface area contributed by atoms with E-state index in [0.29, 0.717) is 0 Å².